The van der Waals surface area contributed by atoms with Crippen LogP contribution in [0.25, 0.3) is 16.3 Å². The molecule has 2 amide bonds. The Bertz CT molecular complexity index is 998. The summed E-state index contributed by atoms with van der Waals surface area (Å²) in [5, 5.41) is 7.36. The highest BCUT2D eigenvalue weighted by Gasteiger charge is 2.27. The highest BCUT2D eigenvalue weighted by molar-refractivity contribution is 7.19. The maximum absolute atomic E-state index is 12.4. The number of carbonyl (C=O) groups is 2. The largest absolute Gasteiger partial charge is 0.360 e. The minimum atomic E-state index is -0.130. The Morgan fingerprint density at radius 1 is 1.29 bits per heavy atom. The number of piperidine rings is 1. The van der Waals surface area contributed by atoms with Gasteiger partial charge in [-0.25, -0.2) is 4.98 Å². The maximum Gasteiger partial charge on any atom is 0.246 e. The number of fused-ring (bicyclic) bond motifs is 1. The summed E-state index contributed by atoms with van der Waals surface area (Å²) < 4.78 is 6.06. The molecule has 3 aromatic rings. The van der Waals surface area contributed by atoms with Gasteiger partial charge in [-0.05, 0) is 38.0 Å². The standard InChI is InChI=1S/C20H20N4O3S/c1-13-12-17(23-27-13)22-20(26)14-8-10-24(11-9-14)19(25)7-6-18-21-15-4-2-3-5-16(15)28-18/h2-7,12,14H,8-11H2,1H3,(H,22,23,26)/b7-6+. The van der Waals surface area contributed by atoms with Gasteiger partial charge in [-0.3, -0.25) is 9.59 Å². The average molecular weight is 396 g/mol. The lowest BCUT2D eigenvalue weighted by atomic mass is 9.96. The summed E-state index contributed by atoms with van der Waals surface area (Å²) in [7, 11) is 0. The van der Waals surface area contributed by atoms with Gasteiger partial charge in [0.15, 0.2) is 5.82 Å². The number of anilines is 1. The van der Waals surface area contributed by atoms with Gasteiger partial charge < -0.3 is 14.7 Å². The number of benzene rings is 1. The van der Waals surface area contributed by atoms with Gasteiger partial charge in [-0.15, -0.1) is 11.3 Å². The first-order valence-electron chi connectivity index (χ1n) is 9.15. The molecule has 0 saturated carbocycles. The average Bonchev–Trinajstić information content (AvgIpc) is 3.31. The van der Waals surface area contributed by atoms with E-state index in [4.69, 9.17) is 4.52 Å². The second kappa shape index (κ2) is 7.93. The minimum Gasteiger partial charge on any atom is -0.360 e. The van der Waals surface area contributed by atoms with Crippen LogP contribution in [0.5, 0.6) is 0 Å². The fourth-order valence-electron chi connectivity index (χ4n) is 3.22. The second-order valence-electron chi connectivity index (χ2n) is 6.76. The number of carbonyl (C=O) groups excluding carboxylic acids is 2. The van der Waals surface area contributed by atoms with Crippen LogP contribution in [0.15, 0.2) is 40.9 Å². The summed E-state index contributed by atoms with van der Waals surface area (Å²) in [6, 6.07) is 9.58. The Morgan fingerprint density at radius 2 is 2.07 bits per heavy atom. The van der Waals surface area contributed by atoms with E-state index in [1.54, 1.807) is 41.4 Å². The molecule has 1 aliphatic rings. The van der Waals surface area contributed by atoms with E-state index in [0.717, 1.165) is 15.2 Å². The molecule has 28 heavy (non-hydrogen) atoms. The first kappa shape index (κ1) is 18.4. The Morgan fingerprint density at radius 3 is 2.79 bits per heavy atom. The molecule has 1 aromatic carbocycles. The fraction of sp³-hybridized carbons (Fsp3) is 0.300. The zero-order chi connectivity index (χ0) is 19.5. The summed E-state index contributed by atoms with van der Waals surface area (Å²) >= 11 is 1.56. The smallest absolute Gasteiger partial charge is 0.246 e. The van der Waals surface area contributed by atoms with Gasteiger partial charge in [0.05, 0.1) is 10.2 Å². The molecule has 144 valence electrons. The van der Waals surface area contributed by atoms with Crippen LogP contribution in [0, 0.1) is 12.8 Å². The number of rotatable bonds is 4. The van der Waals surface area contributed by atoms with E-state index in [-0.39, 0.29) is 17.7 Å². The van der Waals surface area contributed by atoms with Crippen LogP contribution in [0.4, 0.5) is 5.82 Å². The van der Waals surface area contributed by atoms with Gasteiger partial charge in [0.25, 0.3) is 0 Å². The van der Waals surface area contributed by atoms with Crippen LogP contribution < -0.4 is 5.32 Å². The molecule has 0 bridgehead atoms. The zero-order valence-corrected chi connectivity index (χ0v) is 16.2. The first-order chi connectivity index (χ1) is 13.6. The molecule has 1 N–H and O–H groups in total. The van der Waals surface area contributed by atoms with Crippen LogP contribution in [-0.2, 0) is 9.59 Å². The van der Waals surface area contributed by atoms with Crippen molar-refractivity contribution in [3.63, 3.8) is 0 Å². The van der Waals surface area contributed by atoms with Crippen molar-refractivity contribution in [1.29, 1.82) is 0 Å². The third kappa shape index (κ3) is 4.12. The van der Waals surface area contributed by atoms with Gasteiger partial charge in [0, 0.05) is 31.1 Å². The zero-order valence-electron chi connectivity index (χ0n) is 15.4. The third-order valence-electron chi connectivity index (χ3n) is 4.74. The lowest BCUT2D eigenvalue weighted by Crippen LogP contribution is -2.40. The van der Waals surface area contributed by atoms with Gasteiger partial charge in [0.1, 0.15) is 10.8 Å². The van der Waals surface area contributed by atoms with Crippen LogP contribution in [-0.4, -0.2) is 39.9 Å². The van der Waals surface area contributed by atoms with Crippen molar-refractivity contribution in [2.24, 2.45) is 5.92 Å². The number of thiazole rings is 1. The predicted octanol–water partition coefficient (Wildman–Crippen LogP) is 3.48. The number of para-hydroxylation sites is 1. The Balaban J connectivity index is 1.30. The normalized spacial score (nSPS) is 15.4. The molecule has 1 fully saturated rings. The van der Waals surface area contributed by atoms with Gasteiger partial charge in [-0.2, -0.15) is 0 Å². The van der Waals surface area contributed by atoms with E-state index in [9.17, 15) is 9.59 Å². The topological polar surface area (TPSA) is 88.3 Å². The molecule has 7 nitrogen and oxygen atoms in total. The number of hydrogen-bond acceptors (Lipinski definition) is 6. The number of likely N-dealkylation sites (tertiary alicyclic amines) is 1. The SMILES string of the molecule is Cc1cc(NC(=O)C2CCN(C(=O)/C=C/c3nc4ccccc4s3)CC2)no1. The Kier molecular flexibility index (Phi) is 5.21. The molecule has 0 radical (unpaired) electrons. The summed E-state index contributed by atoms with van der Waals surface area (Å²) in [5.74, 6) is 0.820. The van der Waals surface area contributed by atoms with Crippen LogP contribution >= 0.6 is 11.3 Å². The van der Waals surface area contributed by atoms with Crippen LogP contribution in [0.1, 0.15) is 23.6 Å². The van der Waals surface area contributed by atoms with Gasteiger partial charge in [-0.1, -0.05) is 17.3 Å². The summed E-state index contributed by atoms with van der Waals surface area (Å²) in [6.45, 7) is 2.88. The molecule has 1 aliphatic heterocycles. The maximum atomic E-state index is 12.4. The second-order valence-corrected chi connectivity index (χ2v) is 7.83. The lowest BCUT2D eigenvalue weighted by Gasteiger charge is -2.30. The van der Waals surface area contributed by atoms with Crippen molar-refractivity contribution in [2.45, 2.75) is 19.8 Å². The summed E-state index contributed by atoms with van der Waals surface area (Å²) in [4.78, 5) is 31.1. The van der Waals surface area contributed by atoms with Crippen molar-refractivity contribution >= 4 is 45.3 Å². The lowest BCUT2D eigenvalue weighted by molar-refractivity contribution is -0.130. The Hall–Kier alpha value is -3.00. The quantitative estimate of drug-likeness (QED) is 0.682. The molecule has 2 aromatic heterocycles. The van der Waals surface area contributed by atoms with E-state index >= 15 is 0 Å². The van der Waals surface area contributed by atoms with E-state index in [2.05, 4.69) is 15.5 Å². The number of nitrogens with zero attached hydrogens (tertiary/aromatic N) is 3. The molecule has 0 aliphatic carbocycles. The van der Waals surface area contributed by atoms with Crippen molar-refractivity contribution in [3.05, 3.63) is 47.2 Å². The van der Waals surface area contributed by atoms with Crippen LogP contribution in [0.2, 0.25) is 0 Å². The van der Waals surface area contributed by atoms with Crippen molar-refractivity contribution in [2.75, 3.05) is 18.4 Å². The highest BCUT2D eigenvalue weighted by atomic mass is 32.1. The van der Waals surface area contributed by atoms with Crippen molar-refractivity contribution < 1.29 is 14.1 Å². The molecule has 4 rings (SSSR count). The van der Waals surface area contributed by atoms with Crippen molar-refractivity contribution in [3.8, 4) is 0 Å². The monoisotopic (exact) mass is 396 g/mol. The number of aromatic nitrogens is 2. The highest BCUT2D eigenvalue weighted by Crippen LogP contribution is 2.23. The molecular weight excluding hydrogens is 376 g/mol. The minimum absolute atomic E-state index is 0.0507. The number of hydrogen-bond donors (Lipinski definition) is 1. The Labute approximate surface area is 166 Å². The van der Waals surface area contributed by atoms with E-state index < -0.39 is 0 Å². The molecule has 0 spiro atoms. The van der Waals surface area contributed by atoms with E-state index in [1.165, 1.54) is 0 Å². The van der Waals surface area contributed by atoms with Crippen LogP contribution in [0.3, 0.4) is 0 Å². The fourth-order valence-corrected chi connectivity index (χ4v) is 4.10. The van der Waals surface area contributed by atoms with E-state index in [1.807, 2.05) is 24.3 Å². The van der Waals surface area contributed by atoms with Gasteiger partial charge >= 0.3 is 0 Å². The molecule has 3 heterocycles. The number of aryl methyl sites for hydroxylation is 1. The summed E-state index contributed by atoms with van der Waals surface area (Å²) in [5.41, 5.74) is 0.939. The molecular formula is C20H20N4O3S. The molecule has 8 heteroatoms. The molecule has 0 atom stereocenters. The number of amides is 2. The van der Waals surface area contributed by atoms with Gasteiger partial charge in [0.2, 0.25) is 11.8 Å². The van der Waals surface area contributed by atoms with Crippen molar-refractivity contribution in [1.82, 2.24) is 15.0 Å². The first-order valence-corrected chi connectivity index (χ1v) is 9.97. The predicted molar refractivity (Wildman–Crippen MR) is 108 cm³/mol. The number of nitrogens with one attached hydrogen (secondary N) is 1. The summed E-state index contributed by atoms with van der Waals surface area (Å²) in [6.07, 6.45) is 4.59. The molecule has 1 saturated heterocycles. The molecule has 0 unspecified atom stereocenters. The van der Waals surface area contributed by atoms with E-state index in [0.29, 0.717) is 37.5 Å². The third-order valence-corrected chi connectivity index (χ3v) is 5.74.